The first kappa shape index (κ1) is 12.2. The van der Waals surface area contributed by atoms with Crippen molar-refractivity contribution >= 4 is 16.7 Å². The third-order valence-corrected chi connectivity index (χ3v) is 3.98. The molecule has 19 heavy (non-hydrogen) atoms. The topological polar surface area (TPSA) is 55.1 Å². The lowest BCUT2D eigenvalue weighted by atomic mass is 9.78. The van der Waals surface area contributed by atoms with E-state index in [2.05, 4.69) is 5.32 Å². The first-order chi connectivity index (χ1) is 9.18. The molecule has 0 bridgehead atoms. The number of carbonyl (C=O) groups excluding carboxylic acids is 1. The molecule has 1 aliphatic rings. The molecular formula is C16H18N2O. The van der Waals surface area contributed by atoms with Crippen molar-refractivity contribution in [1.29, 1.82) is 0 Å². The van der Waals surface area contributed by atoms with Gasteiger partial charge < -0.3 is 11.1 Å². The van der Waals surface area contributed by atoms with Crippen molar-refractivity contribution in [3.8, 4) is 0 Å². The van der Waals surface area contributed by atoms with Gasteiger partial charge in [0.2, 0.25) is 0 Å². The van der Waals surface area contributed by atoms with E-state index in [1.165, 1.54) is 6.42 Å². The summed E-state index contributed by atoms with van der Waals surface area (Å²) in [6, 6.07) is 13.7. The van der Waals surface area contributed by atoms with Gasteiger partial charge in [-0.15, -0.1) is 0 Å². The van der Waals surface area contributed by atoms with E-state index in [-0.39, 0.29) is 11.4 Å². The second-order valence-electron chi connectivity index (χ2n) is 5.43. The lowest BCUT2D eigenvalue weighted by molar-refractivity contribution is 0.0931. The lowest BCUT2D eigenvalue weighted by Crippen LogP contribution is -2.54. The zero-order valence-electron chi connectivity index (χ0n) is 10.9. The van der Waals surface area contributed by atoms with Crippen LogP contribution >= 0.6 is 0 Å². The summed E-state index contributed by atoms with van der Waals surface area (Å²) in [5, 5.41) is 5.04. The van der Waals surface area contributed by atoms with Crippen LogP contribution in [0.15, 0.2) is 42.5 Å². The molecule has 0 heterocycles. The Labute approximate surface area is 112 Å². The number of fused-ring (bicyclic) bond motifs is 1. The maximum absolute atomic E-state index is 12.3. The van der Waals surface area contributed by atoms with E-state index >= 15 is 0 Å². The standard InChI is InChI=1S/C16H18N2O/c17-16(9-4-10-16)11-18-15(19)14-8-3-6-12-5-1-2-7-13(12)14/h1-3,5-8H,4,9-11,17H2,(H,18,19). The van der Waals surface area contributed by atoms with Gasteiger partial charge in [0.15, 0.2) is 0 Å². The maximum Gasteiger partial charge on any atom is 0.251 e. The van der Waals surface area contributed by atoms with E-state index in [4.69, 9.17) is 5.73 Å². The lowest BCUT2D eigenvalue weighted by Gasteiger charge is -2.38. The molecule has 0 saturated heterocycles. The summed E-state index contributed by atoms with van der Waals surface area (Å²) in [5.41, 5.74) is 6.67. The first-order valence-corrected chi connectivity index (χ1v) is 6.73. The number of rotatable bonds is 3. The van der Waals surface area contributed by atoms with E-state index in [1.54, 1.807) is 0 Å². The van der Waals surface area contributed by atoms with E-state index in [0.29, 0.717) is 6.54 Å². The molecule has 2 aromatic rings. The van der Waals surface area contributed by atoms with Crippen LogP contribution in [0.2, 0.25) is 0 Å². The van der Waals surface area contributed by atoms with E-state index in [9.17, 15) is 4.79 Å². The number of carbonyl (C=O) groups is 1. The van der Waals surface area contributed by atoms with Crippen LogP contribution in [0.4, 0.5) is 0 Å². The summed E-state index contributed by atoms with van der Waals surface area (Å²) in [5.74, 6) is -0.0338. The Morgan fingerprint density at radius 1 is 1.16 bits per heavy atom. The van der Waals surface area contributed by atoms with E-state index in [1.807, 2.05) is 42.5 Å². The van der Waals surface area contributed by atoms with Crippen molar-refractivity contribution in [2.24, 2.45) is 5.73 Å². The monoisotopic (exact) mass is 254 g/mol. The molecular weight excluding hydrogens is 236 g/mol. The molecule has 1 amide bonds. The highest BCUT2D eigenvalue weighted by Gasteiger charge is 2.32. The number of nitrogens with two attached hydrogens (primary N) is 1. The molecule has 3 N–H and O–H groups in total. The van der Waals surface area contributed by atoms with Gasteiger partial charge in [0.1, 0.15) is 0 Å². The Morgan fingerprint density at radius 3 is 2.63 bits per heavy atom. The van der Waals surface area contributed by atoms with Crippen LogP contribution in [0.3, 0.4) is 0 Å². The summed E-state index contributed by atoms with van der Waals surface area (Å²) in [7, 11) is 0. The van der Waals surface area contributed by atoms with Gasteiger partial charge in [-0.25, -0.2) is 0 Å². The third-order valence-electron chi connectivity index (χ3n) is 3.98. The molecule has 2 aromatic carbocycles. The van der Waals surface area contributed by atoms with Gasteiger partial charge >= 0.3 is 0 Å². The quantitative estimate of drug-likeness (QED) is 0.884. The van der Waals surface area contributed by atoms with Crippen molar-refractivity contribution in [3.05, 3.63) is 48.0 Å². The number of benzene rings is 2. The average Bonchev–Trinajstić information content (AvgIpc) is 2.42. The molecule has 1 fully saturated rings. The second kappa shape index (κ2) is 4.67. The first-order valence-electron chi connectivity index (χ1n) is 6.73. The summed E-state index contributed by atoms with van der Waals surface area (Å²) in [6.45, 7) is 0.565. The molecule has 0 aliphatic heterocycles. The largest absolute Gasteiger partial charge is 0.350 e. The highest BCUT2D eigenvalue weighted by atomic mass is 16.1. The minimum absolute atomic E-state index is 0.0338. The van der Waals surface area contributed by atoms with Gasteiger partial charge in [-0.05, 0) is 36.1 Å². The predicted octanol–water partition coefficient (Wildman–Crippen LogP) is 2.45. The Kier molecular flexibility index (Phi) is 2.99. The van der Waals surface area contributed by atoms with Crippen LogP contribution in [-0.4, -0.2) is 18.0 Å². The van der Waals surface area contributed by atoms with Crippen LogP contribution in [0.1, 0.15) is 29.6 Å². The van der Waals surface area contributed by atoms with Gasteiger partial charge in [0.25, 0.3) is 5.91 Å². The van der Waals surface area contributed by atoms with Gasteiger partial charge in [0.05, 0.1) is 0 Å². The van der Waals surface area contributed by atoms with Crippen LogP contribution in [-0.2, 0) is 0 Å². The van der Waals surface area contributed by atoms with Crippen LogP contribution < -0.4 is 11.1 Å². The molecule has 0 unspecified atom stereocenters. The van der Waals surface area contributed by atoms with E-state index in [0.717, 1.165) is 29.2 Å². The van der Waals surface area contributed by atoms with Gasteiger partial charge in [-0.3, -0.25) is 4.79 Å². The molecule has 1 saturated carbocycles. The molecule has 0 spiro atoms. The van der Waals surface area contributed by atoms with Crippen LogP contribution in [0.5, 0.6) is 0 Å². The number of amides is 1. The highest BCUT2D eigenvalue weighted by Crippen LogP contribution is 2.28. The molecule has 3 rings (SSSR count). The summed E-state index contributed by atoms with van der Waals surface area (Å²) >= 11 is 0. The smallest absolute Gasteiger partial charge is 0.251 e. The Balaban J connectivity index is 1.81. The molecule has 1 aliphatic carbocycles. The molecule has 98 valence electrons. The van der Waals surface area contributed by atoms with Crippen molar-refractivity contribution in [3.63, 3.8) is 0 Å². The van der Waals surface area contributed by atoms with Crippen LogP contribution in [0.25, 0.3) is 10.8 Å². The summed E-state index contributed by atoms with van der Waals surface area (Å²) in [4.78, 5) is 12.3. The van der Waals surface area contributed by atoms with Crippen molar-refractivity contribution < 1.29 is 4.79 Å². The molecule has 0 aromatic heterocycles. The van der Waals surface area contributed by atoms with Crippen molar-refractivity contribution in [2.75, 3.05) is 6.54 Å². The molecule has 0 radical (unpaired) electrons. The Hall–Kier alpha value is -1.87. The van der Waals surface area contributed by atoms with Gasteiger partial charge in [-0.2, -0.15) is 0 Å². The van der Waals surface area contributed by atoms with Gasteiger partial charge in [0, 0.05) is 17.6 Å². The number of hydrogen-bond acceptors (Lipinski definition) is 2. The minimum atomic E-state index is -0.180. The Bertz CT molecular complexity index is 612. The van der Waals surface area contributed by atoms with Crippen molar-refractivity contribution in [1.82, 2.24) is 5.32 Å². The van der Waals surface area contributed by atoms with Crippen molar-refractivity contribution in [2.45, 2.75) is 24.8 Å². The number of hydrogen-bond donors (Lipinski definition) is 2. The zero-order valence-corrected chi connectivity index (χ0v) is 10.9. The zero-order chi connectivity index (χ0) is 13.3. The molecule has 0 atom stereocenters. The second-order valence-corrected chi connectivity index (χ2v) is 5.43. The molecule has 3 nitrogen and oxygen atoms in total. The fourth-order valence-corrected chi connectivity index (χ4v) is 2.58. The maximum atomic E-state index is 12.3. The fourth-order valence-electron chi connectivity index (χ4n) is 2.58. The molecule has 3 heteroatoms. The Morgan fingerprint density at radius 2 is 1.89 bits per heavy atom. The predicted molar refractivity (Wildman–Crippen MR) is 77.1 cm³/mol. The fraction of sp³-hybridized carbons (Fsp3) is 0.312. The SMILES string of the molecule is NC1(CNC(=O)c2cccc3ccccc23)CCC1. The minimum Gasteiger partial charge on any atom is -0.350 e. The van der Waals surface area contributed by atoms with Crippen LogP contribution in [0, 0.1) is 0 Å². The number of nitrogens with one attached hydrogen (secondary N) is 1. The highest BCUT2D eigenvalue weighted by molar-refractivity contribution is 6.07. The summed E-state index contributed by atoms with van der Waals surface area (Å²) < 4.78 is 0. The third kappa shape index (κ3) is 2.34. The normalized spacial score (nSPS) is 16.9. The summed E-state index contributed by atoms with van der Waals surface area (Å²) in [6.07, 6.45) is 3.17. The van der Waals surface area contributed by atoms with Gasteiger partial charge in [-0.1, -0.05) is 36.4 Å². The van der Waals surface area contributed by atoms with E-state index < -0.39 is 0 Å². The average molecular weight is 254 g/mol.